The molecule has 1 amide bonds. The van der Waals surface area contributed by atoms with E-state index in [-0.39, 0.29) is 25.3 Å². The summed E-state index contributed by atoms with van der Waals surface area (Å²) in [7, 11) is 0. The van der Waals surface area contributed by atoms with E-state index in [0.29, 0.717) is 28.4 Å². The molecule has 3 rings (SSSR count). The summed E-state index contributed by atoms with van der Waals surface area (Å²) in [6, 6.07) is 8.04. The molecule has 8 nitrogen and oxygen atoms in total. The van der Waals surface area contributed by atoms with Crippen LogP contribution in [0.3, 0.4) is 0 Å². The van der Waals surface area contributed by atoms with Crippen molar-refractivity contribution in [2.75, 3.05) is 25.0 Å². The van der Waals surface area contributed by atoms with Crippen LogP contribution in [0, 0.1) is 0 Å². The first-order chi connectivity index (χ1) is 17.6. The molecular weight excluding hydrogens is 548 g/mol. The summed E-state index contributed by atoms with van der Waals surface area (Å²) in [5, 5.41) is 17.2. The number of hydrogen-bond acceptors (Lipinski definition) is 6. The molecule has 38 heavy (non-hydrogen) atoms. The maximum Gasteiger partial charge on any atom is 0.573 e. The normalized spacial score (nSPS) is 17.8. The van der Waals surface area contributed by atoms with Gasteiger partial charge >= 0.3 is 18.5 Å². The number of anilines is 1. The number of amides is 1. The van der Waals surface area contributed by atoms with Crippen LogP contribution in [0.1, 0.15) is 24.5 Å². The third-order valence-corrected chi connectivity index (χ3v) is 5.46. The van der Waals surface area contributed by atoms with E-state index in [1.165, 1.54) is 5.01 Å². The Kier molecular flexibility index (Phi) is 8.46. The third-order valence-electron chi connectivity index (χ3n) is 5.20. The van der Waals surface area contributed by atoms with Gasteiger partial charge in [-0.25, -0.2) is 0 Å². The second kappa shape index (κ2) is 11.1. The maximum atomic E-state index is 13.1. The number of aliphatic carboxylic acids is 1. The topological polar surface area (TPSA) is 100 Å². The van der Waals surface area contributed by atoms with E-state index in [4.69, 9.17) is 21.4 Å². The lowest BCUT2D eigenvalue weighted by Gasteiger charge is -2.27. The highest BCUT2D eigenvalue weighted by Crippen LogP contribution is 2.40. The molecule has 1 aliphatic heterocycles. The number of alkyl halides is 6. The Morgan fingerprint density at radius 1 is 1.13 bits per heavy atom. The minimum absolute atomic E-state index is 0.00650. The Hall–Kier alpha value is -3.52. The molecule has 206 valence electrons. The molecule has 15 heteroatoms. The van der Waals surface area contributed by atoms with Gasteiger partial charge in [-0.15, -0.1) is 13.2 Å². The molecule has 0 radical (unpaired) electrons. The van der Waals surface area contributed by atoms with Gasteiger partial charge in [-0.1, -0.05) is 23.7 Å². The minimum atomic E-state index is -5.39. The molecule has 1 heterocycles. The van der Waals surface area contributed by atoms with E-state index in [2.05, 4.69) is 15.2 Å². The lowest BCUT2D eigenvalue weighted by Crippen LogP contribution is -2.43. The number of benzene rings is 2. The number of carboxylic acid groups (broad SMARTS) is 1. The van der Waals surface area contributed by atoms with Crippen LogP contribution in [0.2, 0.25) is 5.02 Å². The van der Waals surface area contributed by atoms with Crippen LogP contribution < -0.4 is 10.1 Å². The molecule has 1 unspecified atom stereocenters. The smallest absolute Gasteiger partial charge is 0.481 e. The van der Waals surface area contributed by atoms with E-state index in [9.17, 15) is 35.9 Å². The number of hydrogen-bond donors (Lipinski definition) is 2. The van der Waals surface area contributed by atoms with Crippen LogP contribution in [-0.2, 0) is 20.5 Å². The molecule has 2 N–H and O–H groups in total. The number of carbonyl (C=O) groups excluding carboxylic acids is 1. The van der Waals surface area contributed by atoms with Crippen molar-refractivity contribution in [2.24, 2.45) is 5.10 Å². The zero-order valence-electron chi connectivity index (χ0n) is 19.5. The number of nitrogens with zero attached hydrogens (tertiary/aromatic N) is 2. The monoisotopic (exact) mass is 567 g/mol. The Morgan fingerprint density at radius 3 is 2.37 bits per heavy atom. The highest BCUT2D eigenvalue weighted by Gasteiger charge is 2.42. The molecule has 0 aliphatic carbocycles. The quantitative estimate of drug-likeness (QED) is 0.406. The second-order valence-corrected chi connectivity index (χ2v) is 8.74. The minimum Gasteiger partial charge on any atom is -0.481 e. The van der Waals surface area contributed by atoms with Crippen molar-refractivity contribution in [1.29, 1.82) is 0 Å². The standard InChI is InChI=1S/C23H20ClF6N3O5/c1-21(37-9-8-19(35)36)12-33(32-20(21)13-2-4-14(24)5-3-13)11-18(34)31-15-6-7-16(22(25,26)27)17(10-15)38-23(28,29)30/h2-7,10H,8-9,11-12H2,1H3,(H,31,34)(H,35,36). The summed E-state index contributed by atoms with van der Waals surface area (Å²) in [5.74, 6) is -3.42. The van der Waals surface area contributed by atoms with Crippen LogP contribution in [0.15, 0.2) is 47.6 Å². The molecule has 0 bridgehead atoms. The Bertz CT molecular complexity index is 1220. The van der Waals surface area contributed by atoms with Gasteiger partial charge in [-0.2, -0.15) is 18.3 Å². The van der Waals surface area contributed by atoms with Gasteiger partial charge in [0, 0.05) is 22.3 Å². The van der Waals surface area contributed by atoms with Gasteiger partial charge in [-0.3, -0.25) is 14.6 Å². The van der Waals surface area contributed by atoms with Crippen LogP contribution in [-0.4, -0.2) is 59.4 Å². The van der Waals surface area contributed by atoms with Gasteiger partial charge in [0.05, 0.1) is 25.1 Å². The molecule has 2 aromatic carbocycles. The predicted molar refractivity (Wildman–Crippen MR) is 123 cm³/mol. The number of nitrogens with one attached hydrogen (secondary N) is 1. The van der Waals surface area contributed by atoms with Gasteiger partial charge in [0.15, 0.2) is 0 Å². The van der Waals surface area contributed by atoms with Crippen LogP contribution in [0.25, 0.3) is 0 Å². The summed E-state index contributed by atoms with van der Waals surface area (Å²) < 4.78 is 86.4. The van der Waals surface area contributed by atoms with E-state index in [1.807, 2.05) is 0 Å². The SMILES string of the molecule is CC1(OCCC(=O)O)CN(CC(=O)Nc2ccc(C(F)(F)F)c(OC(F)(F)F)c2)N=C1c1ccc(Cl)cc1. The molecular formula is C23H20ClF6N3O5. The van der Waals surface area contributed by atoms with Gasteiger partial charge in [0.25, 0.3) is 0 Å². The molecule has 0 spiro atoms. The highest BCUT2D eigenvalue weighted by atomic mass is 35.5. The van der Waals surface area contributed by atoms with E-state index >= 15 is 0 Å². The number of rotatable bonds is 9. The molecule has 1 aliphatic rings. The average molecular weight is 568 g/mol. The molecule has 0 saturated heterocycles. The largest absolute Gasteiger partial charge is 0.573 e. The van der Waals surface area contributed by atoms with Crippen molar-refractivity contribution in [1.82, 2.24) is 5.01 Å². The van der Waals surface area contributed by atoms with Crippen LogP contribution in [0.5, 0.6) is 5.75 Å². The second-order valence-electron chi connectivity index (χ2n) is 8.31. The maximum absolute atomic E-state index is 13.1. The van der Waals surface area contributed by atoms with Gasteiger partial charge in [-0.05, 0) is 31.2 Å². The van der Waals surface area contributed by atoms with E-state index in [1.54, 1.807) is 31.2 Å². The summed E-state index contributed by atoms with van der Waals surface area (Å²) in [4.78, 5) is 23.5. The third kappa shape index (κ3) is 7.74. The summed E-state index contributed by atoms with van der Waals surface area (Å²) in [6.07, 6.45) is -10.8. The van der Waals surface area contributed by atoms with Crippen molar-refractivity contribution in [3.05, 3.63) is 58.6 Å². The van der Waals surface area contributed by atoms with Gasteiger partial charge in [0.1, 0.15) is 23.6 Å². The number of ether oxygens (including phenoxy) is 2. The van der Waals surface area contributed by atoms with Crippen molar-refractivity contribution in [3.63, 3.8) is 0 Å². The first-order valence-electron chi connectivity index (χ1n) is 10.8. The average Bonchev–Trinajstić information content (AvgIpc) is 3.07. The first kappa shape index (κ1) is 29.0. The zero-order chi connectivity index (χ0) is 28.3. The number of carbonyl (C=O) groups is 2. The molecule has 0 saturated carbocycles. The fourth-order valence-corrected chi connectivity index (χ4v) is 3.78. The van der Waals surface area contributed by atoms with Crippen LogP contribution >= 0.6 is 11.6 Å². The van der Waals surface area contributed by atoms with Crippen LogP contribution in [0.4, 0.5) is 32.0 Å². The fraction of sp³-hybridized carbons (Fsp3) is 0.348. The highest BCUT2D eigenvalue weighted by molar-refractivity contribution is 6.30. The van der Waals surface area contributed by atoms with Crippen molar-refractivity contribution < 1.29 is 50.5 Å². The summed E-state index contributed by atoms with van der Waals surface area (Å²) in [5.41, 5.74) is -2.25. The van der Waals surface area contributed by atoms with Gasteiger partial charge in [0.2, 0.25) is 5.91 Å². The van der Waals surface area contributed by atoms with Crippen molar-refractivity contribution in [2.45, 2.75) is 31.5 Å². The first-order valence-corrected chi connectivity index (χ1v) is 11.2. The van der Waals surface area contributed by atoms with Gasteiger partial charge < -0.3 is 19.9 Å². The zero-order valence-corrected chi connectivity index (χ0v) is 20.2. The Labute approximate surface area is 216 Å². The summed E-state index contributed by atoms with van der Waals surface area (Å²) >= 11 is 5.93. The fourth-order valence-electron chi connectivity index (χ4n) is 3.66. The Morgan fingerprint density at radius 2 is 1.79 bits per heavy atom. The van der Waals surface area contributed by atoms with Crippen molar-refractivity contribution >= 4 is 34.9 Å². The lowest BCUT2D eigenvalue weighted by molar-refractivity contribution is -0.276. The van der Waals surface area contributed by atoms with E-state index < -0.39 is 47.9 Å². The molecule has 0 fully saturated rings. The van der Waals surface area contributed by atoms with E-state index in [0.717, 1.165) is 6.07 Å². The van der Waals surface area contributed by atoms with Crippen molar-refractivity contribution in [3.8, 4) is 5.75 Å². The summed E-state index contributed by atoms with van der Waals surface area (Å²) in [6.45, 7) is 1.02. The molecule has 1 atom stereocenters. The number of carboxylic acids is 1. The molecule has 0 aromatic heterocycles. The number of hydrazone groups is 1. The number of halogens is 7. The lowest BCUT2D eigenvalue weighted by atomic mass is 9.94. The Balaban J connectivity index is 1.79. The molecule has 2 aromatic rings. The predicted octanol–water partition coefficient (Wildman–Crippen LogP) is 5.17.